The molecule has 0 saturated carbocycles. The molecule has 202 valence electrons. The molecule has 1 aromatic heterocycles. The van der Waals surface area contributed by atoms with E-state index in [-0.39, 0.29) is 42.5 Å². The highest BCUT2D eigenvalue weighted by molar-refractivity contribution is 7.13. The number of aliphatic hydroxyl groups excluding tert-OH is 1. The molecular formula is C28H40N4O4S. The molecule has 3 rings (SSSR count). The lowest BCUT2D eigenvalue weighted by Crippen LogP contribution is -2.58. The summed E-state index contributed by atoms with van der Waals surface area (Å²) < 4.78 is 0. The fraction of sp³-hybridized carbons (Fsp3) is 0.571. The highest BCUT2D eigenvalue weighted by atomic mass is 32.1. The summed E-state index contributed by atoms with van der Waals surface area (Å²) in [5, 5.41) is 16.2. The van der Waals surface area contributed by atoms with E-state index in [1.807, 2.05) is 78.2 Å². The van der Waals surface area contributed by atoms with Crippen molar-refractivity contribution in [2.45, 2.75) is 86.0 Å². The van der Waals surface area contributed by atoms with Crippen LogP contribution in [0.4, 0.5) is 0 Å². The normalized spacial score (nSPS) is 19.0. The Morgan fingerprint density at radius 1 is 1.14 bits per heavy atom. The van der Waals surface area contributed by atoms with Crippen molar-refractivity contribution in [1.82, 2.24) is 20.5 Å². The second kappa shape index (κ2) is 11.3. The third-order valence-electron chi connectivity index (χ3n) is 6.40. The van der Waals surface area contributed by atoms with Gasteiger partial charge >= 0.3 is 0 Å². The van der Waals surface area contributed by atoms with Crippen molar-refractivity contribution in [2.24, 2.45) is 10.8 Å². The minimum atomic E-state index is -0.814. The quantitative estimate of drug-likeness (QED) is 0.508. The van der Waals surface area contributed by atoms with Crippen LogP contribution < -0.4 is 10.6 Å². The maximum absolute atomic E-state index is 13.6. The number of benzene rings is 1. The summed E-state index contributed by atoms with van der Waals surface area (Å²) in [4.78, 5) is 46.3. The summed E-state index contributed by atoms with van der Waals surface area (Å²) in [5.74, 6) is -0.879. The molecule has 1 saturated heterocycles. The third-order valence-corrected chi connectivity index (χ3v) is 7.38. The van der Waals surface area contributed by atoms with Crippen LogP contribution in [0.3, 0.4) is 0 Å². The van der Waals surface area contributed by atoms with Crippen LogP contribution in [0.15, 0.2) is 29.8 Å². The molecule has 1 fully saturated rings. The lowest BCUT2D eigenvalue weighted by Gasteiger charge is -2.35. The second-order valence-corrected chi connectivity index (χ2v) is 13.0. The molecule has 1 aromatic carbocycles. The summed E-state index contributed by atoms with van der Waals surface area (Å²) in [6.07, 6.45) is -0.359. The Balaban J connectivity index is 1.68. The second-order valence-electron chi connectivity index (χ2n) is 12.2. The average molecular weight is 529 g/mol. The van der Waals surface area contributed by atoms with E-state index in [0.717, 1.165) is 21.7 Å². The van der Waals surface area contributed by atoms with Gasteiger partial charge in [-0.2, -0.15) is 0 Å². The first-order valence-corrected chi connectivity index (χ1v) is 13.6. The molecule has 1 aliphatic rings. The molecule has 0 unspecified atom stereocenters. The van der Waals surface area contributed by atoms with Gasteiger partial charge in [-0.15, -0.1) is 11.3 Å². The average Bonchev–Trinajstić information content (AvgIpc) is 3.39. The van der Waals surface area contributed by atoms with Crippen molar-refractivity contribution < 1.29 is 19.5 Å². The number of aliphatic hydroxyl groups is 1. The number of amides is 3. The van der Waals surface area contributed by atoms with E-state index in [1.54, 1.807) is 11.3 Å². The van der Waals surface area contributed by atoms with Crippen LogP contribution in [0.2, 0.25) is 0 Å². The number of rotatable bonds is 7. The number of thiazole rings is 1. The maximum Gasteiger partial charge on any atom is 0.246 e. The van der Waals surface area contributed by atoms with Crippen molar-refractivity contribution in [3.05, 3.63) is 41.0 Å². The fourth-order valence-corrected chi connectivity index (χ4v) is 5.29. The van der Waals surface area contributed by atoms with Gasteiger partial charge in [0.25, 0.3) is 0 Å². The van der Waals surface area contributed by atoms with Crippen molar-refractivity contribution >= 4 is 29.1 Å². The van der Waals surface area contributed by atoms with E-state index in [1.165, 1.54) is 4.90 Å². The standard InChI is InChI=1S/C28H40N4O4S/c1-17-23(37-16-30-17)19-10-8-18(9-11-19)14-29-25(35)21-12-20(33)15-32(21)26(36)24(28(5,6)7)31-22(34)13-27(2,3)4/h8-11,16,20-21,24,33H,12-15H2,1-7H3,(H,29,35)(H,31,34)/t20-,21+,24-/m1/s1. The molecule has 2 aromatic rings. The zero-order chi connectivity index (χ0) is 27.5. The molecule has 9 heteroatoms. The number of likely N-dealkylation sites (tertiary alicyclic amines) is 1. The molecular weight excluding hydrogens is 488 g/mol. The molecule has 3 atom stereocenters. The van der Waals surface area contributed by atoms with E-state index in [9.17, 15) is 19.5 Å². The first kappa shape index (κ1) is 28.8. The fourth-order valence-electron chi connectivity index (χ4n) is 4.47. The number of nitrogens with zero attached hydrogens (tertiary/aromatic N) is 2. The van der Waals surface area contributed by atoms with Gasteiger partial charge in [-0.05, 0) is 28.9 Å². The highest BCUT2D eigenvalue weighted by Crippen LogP contribution is 2.28. The predicted molar refractivity (Wildman–Crippen MR) is 146 cm³/mol. The van der Waals surface area contributed by atoms with Crippen LogP contribution in [-0.4, -0.2) is 57.4 Å². The Kier molecular flexibility index (Phi) is 8.80. The van der Waals surface area contributed by atoms with Crippen LogP contribution in [0, 0.1) is 17.8 Å². The Labute approximate surface area is 223 Å². The number of aryl methyl sites for hydroxylation is 1. The minimum absolute atomic E-state index is 0.0571. The first-order valence-electron chi connectivity index (χ1n) is 12.7. The smallest absolute Gasteiger partial charge is 0.246 e. The SMILES string of the molecule is Cc1ncsc1-c1ccc(CNC(=O)[C@@H]2C[C@@H](O)CN2C(=O)[C@@H](NC(=O)CC(C)(C)C)C(C)(C)C)cc1. The highest BCUT2D eigenvalue weighted by Gasteiger charge is 2.44. The zero-order valence-corrected chi connectivity index (χ0v) is 23.7. The number of carbonyl (C=O) groups excluding carboxylic acids is 3. The van der Waals surface area contributed by atoms with Gasteiger partial charge in [0.15, 0.2) is 0 Å². The van der Waals surface area contributed by atoms with Gasteiger partial charge in [0.05, 0.1) is 22.2 Å². The van der Waals surface area contributed by atoms with E-state index in [2.05, 4.69) is 15.6 Å². The van der Waals surface area contributed by atoms with Crippen molar-refractivity contribution in [3.8, 4) is 10.4 Å². The summed E-state index contributed by atoms with van der Waals surface area (Å²) >= 11 is 1.59. The lowest BCUT2D eigenvalue weighted by molar-refractivity contribution is -0.144. The molecule has 8 nitrogen and oxygen atoms in total. The van der Waals surface area contributed by atoms with E-state index in [0.29, 0.717) is 6.54 Å². The molecule has 1 aliphatic heterocycles. The van der Waals surface area contributed by atoms with Crippen LogP contribution in [-0.2, 0) is 20.9 Å². The van der Waals surface area contributed by atoms with Crippen LogP contribution in [0.5, 0.6) is 0 Å². The lowest BCUT2D eigenvalue weighted by atomic mass is 9.84. The van der Waals surface area contributed by atoms with E-state index >= 15 is 0 Å². The van der Waals surface area contributed by atoms with Crippen molar-refractivity contribution in [2.75, 3.05) is 6.54 Å². The van der Waals surface area contributed by atoms with Gasteiger partial charge in [-0.3, -0.25) is 14.4 Å². The summed E-state index contributed by atoms with van der Waals surface area (Å²) in [6, 6.07) is 6.32. The molecule has 3 N–H and O–H groups in total. The minimum Gasteiger partial charge on any atom is -0.391 e. The number of carbonyl (C=O) groups is 3. The van der Waals surface area contributed by atoms with Gasteiger partial charge in [-0.1, -0.05) is 65.8 Å². The number of hydrogen-bond acceptors (Lipinski definition) is 6. The van der Waals surface area contributed by atoms with E-state index < -0.39 is 23.6 Å². The molecule has 37 heavy (non-hydrogen) atoms. The molecule has 0 spiro atoms. The molecule has 0 radical (unpaired) electrons. The number of nitrogens with one attached hydrogen (secondary N) is 2. The molecule has 0 aliphatic carbocycles. The van der Waals surface area contributed by atoms with Crippen LogP contribution >= 0.6 is 11.3 Å². The van der Waals surface area contributed by atoms with Gasteiger partial charge < -0.3 is 20.6 Å². The molecule has 3 amide bonds. The third kappa shape index (κ3) is 7.61. The topological polar surface area (TPSA) is 112 Å². The Morgan fingerprint density at radius 2 is 1.78 bits per heavy atom. The zero-order valence-electron chi connectivity index (χ0n) is 22.9. The summed E-state index contributed by atoms with van der Waals surface area (Å²) in [5.41, 5.74) is 4.02. The van der Waals surface area contributed by atoms with Gasteiger partial charge in [0.1, 0.15) is 12.1 Å². The van der Waals surface area contributed by atoms with Crippen LogP contribution in [0.1, 0.15) is 65.6 Å². The Morgan fingerprint density at radius 3 is 2.32 bits per heavy atom. The van der Waals surface area contributed by atoms with Crippen molar-refractivity contribution in [1.29, 1.82) is 0 Å². The van der Waals surface area contributed by atoms with Gasteiger partial charge in [-0.25, -0.2) is 4.98 Å². The number of aromatic nitrogens is 1. The molecule has 0 bridgehead atoms. The summed E-state index contributed by atoms with van der Waals surface area (Å²) in [7, 11) is 0. The van der Waals surface area contributed by atoms with Crippen LogP contribution in [0.25, 0.3) is 10.4 Å². The Hall–Kier alpha value is -2.78. The predicted octanol–water partition coefficient (Wildman–Crippen LogP) is 3.66. The maximum atomic E-state index is 13.6. The number of β-amino-alcohol motifs (C(OH)–C–C–N with tert-alkyl or cyclic N) is 1. The van der Waals surface area contributed by atoms with Gasteiger partial charge in [0.2, 0.25) is 17.7 Å². The Bertz CT molecular complexity index is 1110. The van der Waals surface area contributed by atoms with Crippen molar-refractivity contribution in [3.63, 3.8) is 0 Å². The largest absolute Gasteiger partial charge is 0.391 e. The monoisotopic (exact) mass is 528 g/mol. The van der Waals surface area contributed by atoms with E-state index in [4.69, 9.17) is 0 Å². The van der Waals surface area contributed by atoms with Gasteiger partial charge in [0, 0.05) is 25.9 Å². The first-order chi connectivity index (χ1) is 17.2. The summed E-state index contributed by atoms with van der Waals surface area (Å²) in [6.45, 7) is 13.9. The number of hydrogen-bond donors (Lipinski definition) is 3. The molecule has 2 heterocycles.